The van der Waals surface area contributed by atoms with Crippen molar-refractivity contribution in [2.75, 3.05) is 19.7 Å². The van der Waals surface area contributed by atoms with Crippen LogP contribution in [0.15, 0.2) is 0 Å². The molecular formula is C12H23NO. The fourth-order valence-corrected chi connectivity index (χ4v) is 1.39. The number of rotatable bonds is 8. The zero-order valence-corrected chi connectivity index (χ0v) is 9.47. The van der Waals surface area contributed by atoms with Gasteiger partial charge in [-0.15, -0.1) is 12.3 Å². The van der Waals surface area contributed by atoms with E-state index in [9.17, 15) is 0 Å². The van der Waals surface area contributed by atoms with Crippen LogP contribution in [0.5, 0.6) is 0 Å². The minimum absolute atomic E-state index is 0.277. The Kier molecular flexibility index (Phi) is 7.55. The van der Waals surface area contributed by atoms with E-state index in [1.54, 1.807) is 0 Å². The van der Waals surface area contributed by atoms with Crippen LogP contribution in [0, 0.1) is 17.8 Å². The van der Waals surface area contributed by atoms with Crippen molar-refractivity contribution in [1.82, 2.24) is 5.32 Å². The molecule has 0 aliphatic carbocycles. The molecule has 0 spiro atoms. The van der Waals surface area contributed by atoms with Crippen LogP contribution >= 0.6 is 0 Å². The van der Waals surface area contributed by atoms with Crippen LogP contribution in [0.3, 0.4) is 0 Å². The Labute approximate surface area is 88.1 Å². The first-order valence-electron chi connectivity index (χ1n) is 5.37. The Morgan fingerprint density at radius 3 is 2.64 bits per heavy atom. The van der Waals surface area contributed by atoms with Gasteiger partial charge < -0.3 is 10.4 Å². The lowest BCUT2D eigenvalue weighted by Crippen LogP contribution is -2.30. The molecule has 0 radical (unpaired) electrons. The summed E-state index contributed by atoms with van der Waals surface area (Å²) in [4.78, 5) is 0. The molecule has 0 rings (SSSR count). The van der Waals surface area contributed by atoms with Crippen LogP contribution in [0.25, 0.3) is 0 Å². The molecule has 0 aromatic heterocycles. The summed E-state index contributed by atoms with van der Waals surface area (Å²) in [6.45, 7) is 6.72. The molecule has 0 atom stereocenters. The third kappa shape index (κ3) is 8.10. The van der Waals surface area contributed by atoms with E-state index in [1.807, 2.05) is 0 Å². The van der Waals surface area contributed by atoms with Crippen molar-refractivity contribution in [2.24, 2.45) is 5.41 Å². The average molecular weight is 197 g/mol. The molecule has 0 fully saturated rings. The highest BCUT2D eigenvalue weighted by Crippen LogP contribution is 2.20. The van der Waals surface area contributed by atoms with E-state index in [0.29, 0.717) is 6.61 Å². The maximum atomic E-state index is 8.73. The normalized spacial score (nSPS) is 11.3. The number of aliphatic hydroxyl groups is 1. The number of unbranched alkanes of at least 4 members (excludes halogenated alkanes) is 1. The van der Waals surface area contributed by atoms with Crippen LogP contribution in [-0.4, -0.2) is 24.8 Å². The second-order valence-electron chi connectivity index (χ2n) is 4.48. The standard InChI is InChI=1S/C12H23NO/c1-4-5-6-9-13-11-12(2,3)8-7-10-14/h1,13-14H,5-11H2,2-3H3. The van der Waals surface area contributed by atoms with Gasteiger partial charge in [-0.3, -0.25) is 0 Å². The fourth-order valence-electron chi connectivity index (χ4n) is 1.39. The van der Waals surface area contributed by atoms with Crippen molar-refractivity contribution < 1.29 is 5.11 Å². The molecule has 2 nitrogen and oxygen atoms in total. The summed E-state index contributed by atoms with van der Waals surface area (Å²) in [5, 5.41) is 12.1. The molecule has 0 aromatic carbocycles. The SMILES string of the molecule is C#CCCCNCC(C)(C)CCCO. The molecule has 2 N–H and O–H groups in total. The summed E-state index contributed by atoms with van der Waals surface area (Å²) in [7, 11) is 0. The van der Waals surface area contributed by atoms with Crippen molar-refractivity contribution in [1.29, 1.82) is 0 Å². The highest BCUT2D eigenvalue weighted by Gasteiger charge is 2.15. The predicted molar refractivity (Wildman–Crippen MR) is 61.0 cm³/mol. The van der Waals surface area contributed by atoms with Crippen LogP contribution < -0.4 is 5.32 Å². The first-order chi connectivity index (χ1) is 6.62. The van der Waals surface area contributed by atoms with Crippen LogP contribution in [-0.2, 0) is 0 Å². The minimum atomic E-state index is 0.277. The van der Waals surface area contributed by atoms with E-state index < -0.39 is 0 Å². The number of terminal acetylenes is 1. The summed E-state index contributed by atoms with van der Waals surface area (Å²) < 4.78 is 0. The lowest BCUT2D eigenvalue weighted by atomic mass is 9.88. The van der Waals surface area contributed by atoms with Gasteiger partial charge in [0, 0.05) is 19.6 Å². The molecule has 0 bridgehead atoms. The lowest BCUT2D eigenvalue weighted by Gasteiger charge is -2.24. The Hall–Kier alpha value is -0.520. The minimum Gasteiger partial charge on any atom is -0.396 e. The number of hydrogen-bond donors (Lipinski definition) is 2. The number of nitrogens with one attached hydrogen (secondary N) is 1. The summed E-state index contributed by atoms with van der Waals surface area (Å²) in [6, 6.07) is 0. The van der Waals surface area contributed by atoms with Crippen molar-refractivity contribution in [3.05, 3.63) is 0 Å². The first-order valence-corrected chi connectivity index (χ1v) is 5.37. The Balaban J connectivity index is 3.41. The summed E-state index contributed by atoms with van der Waals surface area (Å²) in [5.74, 6) is 2.63. The van der Waals surface area contributed by atoms with Gasteiger partial charge in [-0.1, -0.05) is 13.8 Å². The van der Waals surface area contributed by atoms with E-state index >= 15 is 0 Å². The lowest BCUT2D eigenvalue weighted by molar-refractivity contribution is 0.236. The predicted octanol–water partition coefficient (Wildman–Crippen LogP) is 1.79. The molecular weight excluding hydrogens is 174 g/mol. The highest BCUT2D eigenvalue weighted by molar-refractivity contribution is 4.83. The van der Waals surface area contributed by atoms with Gasteiger partial charge in [-0.2, -0.15) is 0 Å². The molecule has 0 aromatic rings. The van der Waals surface area contributed by atoms with Gasteiger partial charge in [-0.25, -0.2) is 0 Å². The smallest absolute Gasteiger partial charge is 0.0431 e. The molecule has 0 saturated carbocycles. The molecule has 0 heterocycles. The quantitative estimate of drug-likeness (QED) is 0.459. The average Bonchev–Trinajstić information content (AvgIpc) is 2.15. The third-order valence-electron chi connectivity index (χ3n) is 2.29. The summed E-state index contributed by atoms with van der Waals surface area (Å²) >= 11 is 0. The Bertz CT molecular complexity index is 170. The second kappa shape index (κ2) is 7.84. The molecule has 0 amide bonds. The molecule has 14 heavy (non-hydrogen) atoms. The number of aliphatic hydroxyl groups excluding tert-OH is 1. The Morgan fingerprint density at radius 2 is 2.07 bits per heavy atom. The highest BCUT2D eigenvalue weighted by atomic mass is 16.2. The monoisotopic (exact) mass is 197 g/mol. The van der Waals surface area contributed by atoms with Gasteiger partial charge in [0.1, 0.15) is 0 Å². The fraction of sp³-hybridized carbons (Fsp3) is 0.833. The maximum Gasteiger partial charge on any atom is 0.0431 e. The van der Waals surface area contributed by atoms with Crippen molar-refractivity contribution >= 4 is 0 Å². The largest absolute Gasteiger partial charge is 0.396 e. The van der Waals surface area contributed by atoms with Crippen molar-refractivity contribution in [3.63, 3.8) is 0 Å². The van der Waals surface area contributed by atoms with Crippen LogP contribution in [0.4, 0.5) is 0 Å². The van der Waals surface area contributed by atoms with E-state index in [2.05, 4.69) is 25.1 Å². The van der Waals surface area contributed by atoms with E-state index in [0.717, 1.165) is 38.8 Å². The van der Waals surface area contributed by atoms with Crippen LogP contribution in [0.1, 0.15) is 39.5 Å². The van der Waals surface area contributed by atoms with Gasteiger partial charge in [0.05, 0.1) is 0 Å². The zero-order valence-electron chi connectivity index (χ0n) is 9.47. The van der Waals surface area contributed by atoms with Gasteiger partial charge in [0.25, 0.3) is 0 Å². The molecule has 0 unspecified atom stereocenters. The van der Waals surface area contributed by atoms with Crippen LogP contribution in [0.2, 0.25) is 0 Å². The van der Waals surface area contributed by atoms with E-state index in [4.69, 9.17) is 11.5 Å². The molecule has 0 saturated heterocycles. The van der Waals surface area contributed by atoms with E-state index in [1.165, 1.54) is 0 Å². The maximum absolute atomic E-state index is 8.73. The molecule has 0 aliphatic heterocycles. The van der Waals surface area contributed by atoms with Gasteiger partial charge in [0.2, 0.25) is 0 Å². The summed E-state index contributed by atoms with van der Waals surface area (Å²) in [6.07, 6.45) is 9.01. The topological polar surface area (TPSA) is 32.3 Å². The Morgan fingerprint density at radius 1 is 1.36 bits per heavy atom. The molecule has 82 valence electrons. The van der Waals surface area contributed by atoms with Crippen molar-refractivity contribution in [2.45, 2.75) is 39.5 Å². The first kappa shape index (κ1) is 13.5. The number of hydrogen-bond acceptors (Lipinski definition) is 2. The van der Waals surface area contributed by atoms with Crippen molar-refractivity contribution in [3.8, 4) is 12.3 Å². The zero-order chi connectivity index (χ0) is 10.9. The third-order valence-corrected chi connectivity index (χ3v) is 2.29. The summed E-state index contributed by atoms with van der Waals surface area (Å²) in [5.41, 5.74) is 0.277. The van der Waals surface area contributed by atoms with Gasteiger partial charge >= 0.3 is 0 Å². The van der Waals surface area contributed by atoms with E-state index in [-0.39, 0.29) is 5.41 Å². The van der Waals surface area contributed by atoms with Gasteiger partial charge in [0.15, 0.2) is 0 Å². The molecule has 2 heteroatoms. The molecule has 0 aliphatic rings. The van der Waals surface area contributed by atoms with Gasteiger partial charge in [-0.05, 0) is 31.2 Å². The second-order valence-corrected chi connectivity index (χ2v) is 4.48.